The summed E-state index contributed by atoms with van der Waals surface area (Å²) in [6.45, 7) is 3.64. The molecule has 0 aliphatic carbocycles. The molecule has 10 heteroatoms. The predicted octanol–water partition coefficient (Wildman–Crippen LogP) is 3.43. The van der Waals surface area contributed by atoms with Gasteiger partial charge in [0.2, 0.25) is 15.7 Å². The number of aromatic nitrogens is 1. The highest BCUT2D eigenvalue weighted by Crippen LogP contribution is 2.31. The lowest BCUT2D eigenvalue weighted by molar-refractivity contribution is -0.133. The van der Waals surface area contributed by atoms with Crippen molar-refractivity contribution in [3.05, 3.63) is 59.8 Å². The highest BCUT2D eigenvalue weighted by molar-refractivity contribution is 7.91. The van der Waals surface area contributed by atoms with E-state index < -0.39 is 9.84 Å². The van der Waals surface area contributed by atoms with E-state index >= 15 is 0 Å². The molecule has 2 heterocycles. The Morgan fingerprint density at radius 3 is 2.27 bits per heavy atom. The zero-order valence-electron chi connectivity index (χ0n) is 18.1. The highest BCUT2D eigenvalue weighted by atomic mass is 35.5. The first-order valence-corrected chi connectivity index (χ1v) is 12.5. The van der Waals surface area contributed by atoms with Crippen LogP contribution in [-0.2, 0) is 25.9 Å². The predicted molar refractivity (Wildman–Crippen MR) is 124 cm³/mol. The van der Waals surface area contributed by atoms with Crippen molar-refractivity contribution < 1.29 is 22.7 Å². The molecule has 2 amide bonds. The fraction of sp³-hybridized carbons (Fsp3) is 0.304. The van der Waals surface area contributed by atoms with Crippen molar-refractivity contribution in [1.29, 1.82) is 0 Å². The smallest absolute Gasteiger partial charge is 0.409 e. The van der Waals surface area contributed by atoms with Gasteiger partial charge < -0.3 is 19.1 Å². The third-order valence-electron chi connectivity index (χ3n) is 5.63. The Hall–Kier alpha value is -3.04. The molecule has 1 saturated heterocycles. The standard InChI is InChI=1S/C23H24ClN3O5S/c1-2-32-23(29)26-13-11-25(12-14-26)22(28)16-27-15-21(19-5-3-4-6-20(19)27)33(30,31)18-9-7-17(24)8-10-18/h3-10,15H,2,11-14,16H2,1H3. The summed E-state index contributed by atoms with van der Waals surface area (Å²) >= 11 is 5.91. The summed E-state index contributed by atoms with van der Waals surface area (Å²) in [6, 6.07) is 13.1. The molecule has 0 radical (unpaired) electrons. The SMILES string of the molecule is CCOC(=O)N1CCN(C(=O)Cn2cc(S(=O)(=O)c3ccc(Cl)cc3)c3ccccc32)CC1. The first-order chi connectivity index (χ1) is 15.8. The Labute approximate surface area is 197 Å². The van der Waals surface area contributed by atoms with Crippen LogP contribution in [0.3, 0.4) is 0 Å². The fourth-order valence-electron chi connectivity index (χ4n) is 3.90. The number of halogens is 1. The molecule has 1 aliphatic rings. The van der Waals surface area contributed by atoms with E-state index in [-0.39, 0.29) is 28.3 Å². The number of hydrogen-bond acceptors (Lipinski definition) is 5. The van der Waals surface area contributed by atoms with Crippen LogP contribution < -0.4 is 0 Å². The van der Waals surface area contributed by atoms with Gasteiger partial charge in [-0.15, -0.1) is 0 Å². The number of benzene rings is 2. The molecule has 1 aromatic heterocycles. The number of sulfone groups is 1. The number of carbonyl (C=O) groups excluding carboxylic acids is 2. The lowest BCUT2D eigenvalue weighted by atomic mass is 10.2. The zero-order valence-corrected chi connectivity index (χ0v) is 19.7. The molecule has 0 spiro atoms. The maximum atomic E-state index is 13.3. The maximum absolute atomic E-state index is 13.3. The van der Waals surface area contributed by atoms with Gasteiger partial charge in [-0.05, 0) is 37.3 Å². The summed E-state index contributed by atoms with van der Waals surface area (Å²) < 4.78 is 33.3. The van der Waals surface area contributed by atoms with Crippen molar-refractivity contribution in [2.45, 2.75) is 23.3 Å². The van der Waals surface area contributed by atoms with Gasteiger partial charge in [-0.2, -0.15) is 0 Å². The van der Waals surface area contributed by atoms with Crippen LogP contribution in [-0.4, -0.2) is 67.6 Å². The summed E-state index contributed by atoms with van der Waals surface area (Å²) in [4.78, 5) is 28.4. The van der Waals surface area contributed by atoms with Crippen LogP contribution in [0.15, 0.2) is 64.5 Å². The van der Waals surface area contributed by atoms with Gasteiger partial charge in [0.1, 0.15) is 6.54 Å². The van der Waals surface area contributed by atoms with Crippen molar-refractivity contribution in [3.8, 4) is 0 Å². The third-order valence-corrected chi connectivity index (χ3v) is 7.68. The average Bonchev–Trinajstić information content (AvgIpc) is 3.19. The molecule has 8 nitrogen and oxygen atoms in total. The van der Waals surface area contributed by atoms with Crippen molar-refractivity contribution in [1.82, 2.24) is 14.4 Å². The van der Waals surface area contributed by atoms with E-state index in [9.17, 15) is 18.0 Å². The number of nitrogens with zero attached hydrogens (tertiary/aromatic N) is 3. The van der Waals surface area contributed by atoms with Crippen molar-refractivity contribution in [2.75, 3.05) is 32.8 Å². The van der Waals surface area contributed by atoms with E-state index in [1.165, 1.54) is 30.5 Å². The number of piperazine rings is 1. The lowest BCUT2D eigenvalue weighted by Gasteiger charge is -2.34. The van der Waals surface area contributed by atoms with Crippen molar-refractivity contribution >= 4 is 44.3 Å². The number of hydrogen-bond donors (Lipinski definition) is 0. The number of carbonyl (C=O) groups is 2. The number of rotatable bonds is 5. The molecule has 0 atom stereocenters. The molecule has 0 unspecified atom stereocenters. The summed E-state index contributed by atoms with van der Waals surface area (Å²) in [6.07, 6.45) is 1.14. The van der Waals surface area contributed by atoms with Gasteiger partial charge >= 0.3 is 6.09 Å². The van der Waals surface area contributed by atoms with Crippen LogP contribution in [0.4, 0.5) is 4.79 Å². The minimum absolute atomic E-state index is 0.00391. The molecular weight excluding hydrogens is 466 g/mol. The van der Waals surface area contributed by atoms with Crippen LogP contribution in [0.1, 0.15) is 6.92 Å². The second-order valence-corrected chi connectivity index (χ2v) is 10.0. The van der Waals surface area contributed by atoms with Crippen LogP contribution in [0.2, 0.25) is 5.02 Å². The Kier molecular flexibility index (Phi) is 6.62. The monoisotopic (exact) mass is 489 g/mol. The van der Waals surface area contributed by atoms with Gasteiger partial charge in [0.25, 0.3) is 0 Å². The molecular formula is C23H24ClN3O5S. The summed E-state index contributed by atoms with van der Waals surface area (Å²) in [7, 11) is -3.81. The van der Waals surface area contributed by atoms with Gasteiger partial charge in [-0.3, -0.25) is 4.79 Å². The zero-order chi connectivity index (χ0) is 23.6. The van der Waals surface area contributed by atoms with Crippen LogP contribution in [0.25, 0.3) is 10.9 Å². The largest absolute Gasteiger partial charge is 0.450 e. The Bertz CT molecular complexity index is 1280. The van der Waals surface area contributed by atoms with E-state index in [1.54, 1.807) is 45.6 Å². The van der Waals surface area contributed by atoms with Crippen LogP contribution in [0, 0.1) is 0 Å². The van der Waals surface area contributed by atoms with Gasteiger partial charge in [-0.25, -0.2) is 13.2 Å². The number of ether oxygens (including phenoxy) is 1. The molecule has 4 rings (SSSR count). The van der Waals surface area contributed by atoms with E-state index in [2.05, 4.69) is 0 Å². The molecule has 1 aliphatic heterocycles. The topological polar surface area (TPSA) is 88.9 Å². The maximum Gasteiger partial charge on any atom is 0.409 e. The van der Waals surface area contributed by atoms with Gasteiger partial charge in [-0.1, -0.05) is 29.8 Å². The second kappa shape index (κ2) is 9.44. The normalized spacial score (nSPS) is 14.5. The molecule has 174 valence electrons. The average molecular weight is 490 g/mol. The molecule has 0 bridgehead atoms. The fourth-order valence-corrected chi connectivity index (χ4v) is 5.50. The first-order valence-electron chi connectivity index (χ1n) is 10.6. The van der Waals surface area contributed by atoms with Gasteiger partial charge in [0, 0.05) is 48.3 Å². The summed E-state index contributed by atoms with van der Waals surface area (Å²) in [5, 5.41) is 0.998. The van der Waals surface area contributed by atoms with Crippen LogP contribution >= 0.6 is 11.6 Å². The summed E-state index contributed by atoms with van der Waals surface area (Å²) in [5.41, 5.74) is 0.656. The highest BCUT2D eigenvalue weighted by Gasteiger charge is 2.27. The van der Waals surface area contributed by atoms with E-state index in [0.29, 0.717) is 48.7 Å². The number of fused-ring (bicyclic) bond motifs is 1. The minimum atomic E-state index is -3.81. The third kappa shape index (κ3) is 4.69. The minimum Gasteiger partial charge on any atom is -0.450 e. The van der Waals surface area contributed by atoms with E-state index in [1.807, 2.05) is 0 Å². The quantitative estimate of drug-likeness (QED) is 0.548. The molecule has 1 fully saturated rings. The van der Waals surface area contributed by atoms with E-state index in [4.69, 9.17) is 16.3 Å². The molecule has 0 saturated carbocycles. The van der Waals surface area contributed by atoms with Gasteiger partial charge in [0.15, 0.2) is 0 Å². The number of amides is 2. The Morgan fingerprint density at radius 1 is 0.970 bits per heavy atom. The Morgan fingerprint density at radius 2 is 1.61 bits per heavy atom. The second-order valence-electron chi connectivity index (χ2n) is 7.66. The molecule has 33 heavy (non-hydrogen) atoms. The summed E-state index contributed by atoms with van der Waals surface area (Å²) in [5.74, 6) is -0.144. The van der Waals surface area contributed by atoms with Crippen LogP contribution in [0.5, 0.6) is 0 Å². The molecule has 2 aromatic carbocycles. The molecule has 3 aromatic rings. The van der Waals surface area contributed by atoms with E-state index in [0.717, 1.165) is 0 Å². The Balaban J connectivity index is 1.57. The molecule has 0 N–H and O–H groups in total. The van der Waals surface area contributed by atoms with Gasteiger partial charge in [0.05, 0.1) is 16.4 Å². The number of para-hydroxylation sites is 1. The van der Waals surface area contributed by atoms with Crippen molar-refractivity contribution in [3.63, 3.8) is 0 Å². The lowest BCUT2D eigenvalue weighted by Crippen LogP contribution is -2.51. The van der Waals surface area contributed by atoms with Crippen molar-refractivity contribution in [2.24, 2.45) is 0 Å². The first kappa shape index (κ1) is 23.1.